The van der Waals surface area contributed by atoms with Crippen LogP contribution in [0, 0.1) is 11.8 Å². The highest BCUT2D eigenvalue weighted by Gasteiger charge is 2.41. The average Bonchev–Trinajstić information content (AvgIpc) is 3.02. The third-order valence-electron chi connectivity index (χ3n) is 2.91. The molecule has 1 aromatic carbocycles. The predicted molar refractivity (Wildman–Crippen MR) is 73.4 cm³/mol. The third kappa shape index (κ3) is 3.48. The number of halogens is 1. The molecule has 1 aromatic rings. The van der Waals surface area contributed by atoms with Crippen molar-refractivity contribution in [2.75, 3.05) is 6.61 Å². The van der Waals surface area contributed by atoms with Crippen molar-refractivity contribution in [3.05, 3.63) is 28.8 Å². The van der Waals surface area contributed by atoms with E-state index in [9.17, 15) is 8.42 Å². The van der Waals surface area contributed by atoms with E-state index in [1.54, 1.807) is 6.07 Å². The van der Waals surface area contributed by atoms with Crippen molar-refractivity contribution >= 4 is 21.6 Å². The first-order chi connectivity index (χ1) is 8.86. The number of hydrogen-bond acceptors (Lipinski definition) is 3. The van der Waals surface area contributed by atoms with Gasteiger partial charge in [-0.2, -0.15) is 0 Å². The fourth-order valence-electron chi connectivity index (χ4n) is 1.61. The first-order valence-electron chi connectivity index (χ1n) is 5.80. The van der Waals surface area contributed by atoms with Gasteiger partial charge in [-0.05, 0) is 38.0 Å². The zero-order valence-corrected chi connectivity index (χ0v) is 12.0. The summed E-state index contributed by atoms with van der Waals surface area (Å²) >= 11 is 5.99. The average molecular weight is 300 g/mol. The van der Waals surface area contributed by atoms with Gasteiger partial charge in [0.05, 0.1) is 5.02 Å². The molecule has 4 nitrogen and oxygen atoms in total. The summed E-state index contributed by atoms with van der Waals surface area (Å²) in [6.07, 6.45) is 1.67. The first kappa shape index (κ1) is 14.4. The Labute approximate surface area is 117 Å². The number of benzene rings is 1. The summed E-state index contributed by atoms with van der Waals surface area (Å²) in [5.41, 5.74) is 0.230. The number of nitrogens with one attached hydrogen (secondary N) is 1. The molecule has 19 heavy (non-hydrogen) atoms. The largest absolute Gasteiger partial charge is 0.384 e. The standard InChI is InChI=1S/C13H14ClNO3S/c1-13(6-7-13)15-19(17,18)12-5-4-10(3-2-8-16)9-11(12)14/h4-5,9,15-16H,6-8H2,1H3. The van der Waals surface area contributed by atoms with Crippen LogP contribution in [0.25, 0.3) is 0 Å². The molecule has 0 atom stereocenters. The van der Waals surface area contributed by atoms with E-state index in [-0.39, 0.29) is 22.1 Å². The van der Waals surface area contributed by atoms with E-state index in [0.29, 0.717) is 5.56 Å². The second-order valence-electron chi connectivity index (χ2n) is 4.77. The lowest BCUT2D eigenvalue weighted by atomic mass is 10.2. The minimum atomic E-state index is -3.60. The molecular weight excluding hydrogens is 286 g/mol. The van der Waals surface area contributed by atoms with Gasteiger partial charge >= 0.3 is 0 Å². The van der Waals surface area contributed by atoms with E-state index in [1.807, 2.05) is 6.92 Å². The van der Waals surface area contributed by atoms with Crippen LogP contribution in [0.3, 0.4) is 0 Å². The summed E-state index contributed by atoms with van der Waals surface area (Å²) < 4.78 is 27.0. The van der Waals surface area contributed by atoms with Crippen LogP contribution in [0.15, 0.2) is 23.1 Å². The second-order valence-corrected chi connectivity index (χ2v) is 6.83. The van der Waals surface area contributed by atoms with Gasteiger partial charge in [-0.25, -0.2) is 13.1 Å². The van der Waals surface area contributed by atoms with Gasteiger partial charge in [-0.15, -0.1) is 0 Å². The Balaban J connectivity index is 2.30. The van der Waals surface area contributed by atoms with Crippen molar-refractivity contribution in [1.29, 1.82) is 0 Å². The molecule has 1 fully saturated rings. The molecule has 0 saturated heterocycles. The van der Waals surface area contributed by atoms with Crippen LogP contribution in [-0.4, -0.2) is 25.7 Å². The molecule has 102 valence electrons. The zero-order valence-electron chi connectivity index (χ0n) is 10.4. The number of aliphatic hydroxyl groups is 1. The molecule has 0 unspecified atom stereocenters. The lowest BCUT2D eigenvalue weighted by Gasteiger charge is -2.13. The van der Waals surface area contributed by atoms with Crippen LogP contribution < -0.4 is 4.72 Å². The molecular formula is C13H14ClNO3S. The van der Waals surface area contributed by atoms with Crippen molar-refractivity contribution in [1.82, 2.24) is 4.72 Å². The molecule has 1 saturated carbocycles. The molecule has 2 N–H and O–H groups in total. The summed E-state index contributed by atoms with van der Waals surface area (Å²) in [5.74, 6) is 5.15. The maximum absolute atomic E-state index is 12.2. The fraction of sp³-hybridized carbons (Fsp3) is 0.385. The van der Waals surface area contributed by atoms with E-state index in [4.69, 9.17) is 16.7 Å². The molecule has 2 rings (SSSR count). The highest BCUT2D eigenvalue weighted by molar-refractivity contribution is 7.89. The Bertz CT molecular complexity index is 654. The van der Waals surface area contributed by atoms with Gasteiger partial charge in [-0.3, -0.25) is 0 Å². The Kier molecular flexibility index (Phi) is 3.88. The van der Waals surface area contributed by atoms with Crippen molar-refractivity contribution in [3.63, 3.8) is 0 Å². The van der Waals surface area contributed by atoms with E-state index in [2.05, 4.69) is 16.6 Å². The highest BCUT2D eigenvalue weighted by Crippen LogP contribution is 2.36. The topological polar surface area (TPSA) is 66.4 Å². The summed E-state index contributed by atoms with van der Waals surface area (Å²) in [6.45, 7) is 1.61. The van der Waals surface area contributed by atoms with E-state index >= 15 is 0 Å². The number of sulfonamides is 1. The normalized spacial score (nSPS) is 16.6. The van der Waals surface area contributed by atoms with Crippen LogP contribution in [0.5, 0.6) is 0 Å². The molecule has 0 aromatic heterocycles. The summed E-state index contributed by atoms with van der Waals surface area (Å²) in [5, 5.41) is 8.73. The van der Waals surface area contributed by atoms with Crippen LogP contribution in [0.2, 0.25) is 5.02 Å². The summed E-state index contributed by atoms with van der Waals surface area (Å²) in [4.78, 5) is 0.0526. The molecule has 1 aliphatic carbocycles. The van der Waals surface area contributed by atoms with Gasteiger partial charge < -0.3 is 5.11 Å². The predicted octanol–water partition coefficient (Wildman–Crippen LogP) is 1.51. The van der Waals surface area contributed by atoms with E-state index < -0.39 is 10.0 Å². The smallest absolute Gasteiger partial charge is 0.242 e. The summed E-state index contributed by atoms with van der Waals surface area (Å²) in [6, 6.07) is 4.48. The Morgan fingerprint density at radius 1 is 1.47 bits per heavy atom. The van der Waals surface area contributed by atoms with Crippen molar-refractivity contribution < 1.29 is 13.5 Å². The van der Waals surface area contributed by atoms with Gasteiger partial charge in [0.25, 0.3) is 0 Å². The monoisotopic (exact) mass is 299 g/mol. The lowest BCUT2D eigenvalue weighted by Crippen LogP contribution is -2.34. The van der Waals surface area contributed by atoms with E-state index in [1.165, 1.54) is 12.1 Å². The van der Waals surface area contributed by atoms with Crippen molar-refractivity contribution in [2.24, 2.45) is 0 Å². The van der Waals surface area contributed by atoms with Gasteiger partial charge in [-0.1, -0.05) is 23.4 Å². The van der Waals surface area contributed by atoms with Crippen molar-refractivity contribution in [3.8, 4) is 11.8 Å². The van der Waals surface area contributed by atoms with E-state index in [0.717, 1.165) is 12.8 Å². The highest BCUT2D eigenvalue weighted by atomic mass is 35.5. The lowest BCUT2D eigenvalue weighted by molar-refractivity contribution is 0.350. The summed E-state index contributed by atoms with van der Waals surface area (Å²) in [7, 11) is -3.60. The maximum atomic E-state index is 12.2. The van der Waals surface area contributed by atoms with Crippen molar-refractivity contribution in [2.45, 2.75) is 30.2 Å². The third-order valence-corrected chi connectivity index (χ3v) is 5.04. The second kappa shape index (κ2) is 5.14. The Morgan fingerprint density at radius 3 is 2.68 bits per heavy atom. The van der Waals surface area contributed by atoms with Crippen LogP contribution in [-0.2, 0) is 10.0 Å². The number of hydrogen-bond donors (Lipinski definition) is 2. The quantitative estimate of drug-likeness (QED) is 0.832. The Morgan fingerprint density at radius 2 is 2.16 bits per heavy atom. The molecule has 1 aliphatic rings. The van der Waals surface area contributed by atoms with Gasteiger partial charge in [0.15, 0.2) is 0 Å². The van der Waals surface area contributed by atoms with Gasteiger partial charge in [0.2, 0.25) is 10.0 Å². The molecule has 0 heterocycles. The minimum absolute atomic E-state index is 0.0526. The number of rotatable bonds is 3. The van der Waals surface area contributed by atoms with Gasteiger partial charge in [0, 0.05) is 11.1 Å². The zero-order chi connectivity index (χ0) is 14.1. The molecule has 0 amide bonds. The SMILES string of the molecule is CC1(NS(=O)(=O)c2ccc(C#CCO)cc2Cl)CC1. The minimum Gasteiger partial charge on any atom is -0.384 e. The van der Waals surface area contributed by atoms with Crippen LogP contribution in [0.1, 0.15) is 25.3 Å². The molecule has 0 spiro atoms. The fourth-order valence-corrected chi connectivity index (χ4v) is 3.62. The van der Waals surface area contributed by atoms with Crippen LogP contribution >= 0.6 is 11.6 Å². The molecule has 6 heteroatoms. The molecule has 0 aliphatic heterocycles. The molecule has 0 bridgehead atoms. The van der Waals surface area contributed by atoms with Gasteiger partial charge in [0.1, 0.15) is 11.5 Å². The first-order valence-corrected chi connectivity index (χ1v) is 7.66. The molecule has 0 radical (unpaired) electrons. The number of aliphatic hydroxyl groups excluding tert-OH is 1. The maximum Gasteiger partial charge on any atom is 0.242 e. The van der Waals surface area contributed by atoms with Crippen LogP contribution in [0.4, 0.5) is 0 Å². The Hall–Kier alpha value is -1.06.